The van der Waals surface area contributed by atoms with Gasteiger partial charge in [-0.2, -0.15) is 18.3 Å². The third kappa shape index (κ3) is 4.27. The van der Waals surface area contributed by atoms with Crippen molar-refractivity contribution in [2.75, 3.05) is 18.6 Å². The van der Waals surface area contributed by atoms with E-state index in [1.165, 1.54) is 51.2 Å². The van der Waals surface area contributed by atoms with Gasteiger partial charge in [-0.3, -0.25) is 9.69 Å². The molecule has 1 aliphatic carbocycles. The van der Waals surface area contributed by atoms with Gasteiger partial charge in [-0.05, 0) is 43.9 Å². The number of ether oxygens (including phenoxy) is 1. The second-order valence-corrected chi connectivity index (χ2v) is 8.38. The van der Waals surface area contributed by atoms with Crippen molar-refractivity contribution in [3.8, 4) is 11.4 Å². The molecule has 0 radical (unpaired) electrons. The lowest BCUT2D eigenvalue weighted by molar-refractivity contribution is -0.137. The number of amides is 1. The zero-order valence-corrected chi connectivity index (χ0v) is 18.2. The summed E-state index contributed by atoms with van der Waals surface area (Å²) in [6, 6.07) is 4.72. The molecule has 1 aliphatic rings. The molecule has 0 bridgehead atoms. The van der Waals surface area contributed by atoms with E-state index < -0.39 is 17.6 Å². The van der Waals surface area contributed by atoms with Gasteiger partial charge in [-0.15, -0.1) is 17.9 Å². The van der Waals surface area contributed by atoms with Gasteiger partial charge in [-0.25, -0.2) is 9.67 Å². The number of halogens is 3. The first kappa shape index (κ1) is 22.1. The van der Waals surface area contributed by atoms with Gasteiger partial charge in [0.25, 0.3) is 5.91 Å². The van der Waals surface area contributed by atoms with Gasteiger partial charge >= 0.3 is 6.18 Å². The van der Waals surface area contributed by atoms with E-state index in [9.17, 15) is 18.0 Å². The fourth-order valence-corrected chi connectivity index (χ4v) is 4.73. The quantitative estimate of drug-likeness (QED) is 0.480. The highest BCUT2D eigenvalue weighted by Gasteiger charge is 2.31. The Bertz CT molecular complexity index is 1130. The number of carbonyl (C=O) groups excluding carboxylic acids is 1. The first-order chi connectivity index (χ1) is 15.3. The maximum Gasteiger partial charge on any atom is 0.416 e. The Morgan fingerprint density at radius 1 is 1.34 bits per heavy atom. The summed E-state index contributed by atoms with van der Waals surface area (Å²) in [5, 5.41) is 4.81. The predicted molar refractivity (Wildman–Crippen MR) is 116 cm³/mol. The predicted octanol–water partition coefficient (Wildman–Crippen LogP) is 5.07. The van der Waals surface area contributed by atoms with Crippen LogP contribution in [0.1, 0.15) is 39.5 Å². The number of anilines is 1. The second kappa shape index (κ2) is 8.78. The van der Waals surface area contributed by atoms with Crippen LogP contribution in [0.2, 0.25) is 0 Å². The Hall–Kier alpha value is -3.14. The van der Waals surface area contributed by atoms with Gasteiger partial charge in [0.1, 0.15) is 0 Å². The van der Waals surface area contributed by atoms with E-state index >= 15 is 0 Å². The molecule has 168 valence electrons. The summed E-state index contributed by atoms with van der Waals surface area (Å²) in [5.41, 5.74) is 0.357. The van der Waals surface area contributed by atoms with Crippen LogP contribution in [0, 0.1) is 0 Å². The maximum absolute atomic E-state index is 13.4. The van der Waals surface area contributed by atoms with Crippen LogP contribution in [-0.4, -0.2) is 34.3 Å². The monoisotopic (exact) mass is 462 g/mol. The Labute approximate surface area is 186 Å². The number of benzene rings is 1. The average molecular weight is 462 g/mol. The number of thiazole rings is 1. The molecule has 0 saturated carbocycles. The van der Waals surface area contributed by atoms with Crippen molar-refractivity contribution in [1.82, 2.24) is 14.8 Å². The number of aromatic nitrogens is 3. The molecule has 2 aromatic heterocycles. The van der Waals surface area contributed by atoms with Gasteiger partial charge in [0, 0.05) is 11.4 Å². The number of alkyl halides is 3. The minimum atomic E-state index is -4.49. The number of methoxy groups -OCH3 is 1. The Kier molecular flexibility index (Phi) is 6.05. The van der Waals surface area contributed by atoms with Crippen LogP contribution in [0.3, 0.4) is 0 Å². The largest absolute Gasteiger partial charge is 0.493 e. The van der Waals surface area contributed by atoms with Crippen molar-refractivity contribution in [1.29, 1.82) is 0 Å². The zero-order valence-electron chi connectivity index (χ0n) is 17.4. The molecule has 10 heteroatoms. The minimum Gasteiger partial charge on any atom is -0.493 e. The summed E-state index contributed by atoms with van der Waals surface area (Å²) in [7, 11) is 1.38. The molecule has 2 heterocycles. The number of nitrogens with zero attached hydrogens (tertiary/aromatic N) is 4. The van der Waals surface area contributed by atoms with Gasteiger partial charge in [0.15, 0.2) is 16.6 Å². The summed E-state index contributed by atoms with van der Waals surface area (Å²) in [6.45, 7) is 3.94. The average Bonchev–Trinajstić information content (AvgIpc) is 3.40. The molecule has 0 unspecified atom stereocenters. The number of hydrogen-bond donors (Lipinski definition) is 0. The lowest BCUT2D eigenvalue weighted by atomic mass is 10.0. The van der Waals surface area contributed by atoms with E-state index in [2.05, 4.69) is 16.7 Å². The second-order valence-electron chi connectivity index (χ2n) is 7.32. The summed E-state index contributed by atoms with van der Waals surface area (Å²) < 4.78 is 45.8. The van der Waals surface area contributed by atoms with Crippen LogP contribution in [-0.2, 0) is 19.0 Å². The molecule has 32 heavy (non-hydrogen) atoms. The van der Waals surface area contributed by atoms with Crippen molar-refractivity contribution in [2.24, 2.45) is 0 Å². The van der Waals surface area contributed by atoms with Crippen LogP contribution >= 0.6 is 11.3 Å². The lowest BCUT2D eigenvalue weighted by Crippen LogP contribution is -2.31. The van der Waals surface area contributed by atoms with E-state index in [-0.39, 0.29) is 23.7 Å². The van der Waals surface area contributed by atoms with Gasteiger partial charge in [0.05, 0.1) is 30.3 Å². The third-order valence-electron chi connectivity index (χ3n) is 5.16. The van der Waals surface area contributed by atoms with Gasteiger partial charge < -0.3 is 4.74 Å². The maximum atomic E-state index is 13.4. The van der Waals surface area contributed by atoms with E-state index in [0.717, 1.165) is 43.5 Å². The molecule has 1 amide bonds. The van der Waals surface area contributed by atoms with Gasteiger partial charge in [0.2, 0.25) is 0 Å². The Morgan fingerprint density at radius 3 is 2.81 bits per heavy atom. The molecule has 4 rings (SSSR count). The summed E-state index contributed by atoms with van der Waals surface area (Å²) in [6.07, 6.45) is 2.49. The molecule has 3 aromatic rings. The highest BCUT2D eigenvalue weighted by molar-refractivity contribution is 7.16. The number of rotatable bonds is 6. The van der Waals surface area contributed by atoms with Gasteiger partial charge in [-0.1, -0.05) is 12.1 Å². The third-order valence-corrected chi connectivity index (χ3v) is 6.34. The van der Waals surface area contributed by atoms with E-state index in [4.69, 9.17) is 4.74 Å². The van der Waals surface area contributed by atoms with Crippen LogP contribution in [0.5, 0.6) is 5.75 Å². The van der Waals surface area contributed by atoms with Crippen molar-refractivity contribution in [3.63, 3.8) is 0 Å². The SMILES string of the molecule is C=CCN(C(=O)c1nn(-c2cccc(C(F)(F)F)c2)cc1OC)c1nc2c(s1)CCCC2. The number of aryl methyl sites for hydroxylation is 2. The number of hydrogen-bond acceptors (Lipinski definition) is 5. The fourth-order valence-electron chi connectivity index (χ4n) is 3.57. The molecular weight excluding hydrogens is 441 g/mol. The highest BCUT2D eigenvalue weighted by Crippen LogP contribution is 2.34. The van der Waals surface area contributed by atoms with E-state index in [0.29, 0.717) is 5.13 Å². The molecule has 0 atom stereocenters. The number of carbonyl (C=O) groups is 1. The molecule has 0 saturated heterocycles. The van der Waals surface area contributed by atoms with Crippen LogP contribution in [0.15, 0.2) is 43.1 Å². The highest BCUT2D eigenvalue weighted by atomic mass is 32.1. The van der Waals surface area contributed by atoms with Crippen molar-refractivity contribution in [3.05, 3.63) is 64.9 Å². The van der Waals surface area contributed by atoms with Crippen molar-refractivity contribution >= 4 is 22.4 Å². The van der Waals surface area contributed by atoms with E-state index in [1.807, 2.05) is 0 Å². The summed E-state index contributed by atoms with van der Waals surface area (Å²) in [4.78, 5) is 20.7. The van der Waals surface area contributed by atoms with Crippen LogP contribution in [0.25, 0.3) is 5.69 Å². The Balaban J connectivity index is 1.70. The first-order valence-electron chi connectivity index (χ1n) is 10.0. The molecule has 0 N–H and O–H groups in total. The molecule has 6 nitrogen and oxygen atoms in total. The standard InChI is InChI=1S/C22H21F3N4O2S/c1-3-11-28(21-26-16-9-4-5-10-18(16)32-21)20(30)19-17(31-2)13-29(27-19)15-8-6-7-14(12-15)22(23,24)25/h3,6-8,12-13H,1,4-5,9-11H2,2H3. The fraction of sp³-hybridized carbons (Fsp3) is 0.318. The minimum absolute atomic E-state index is 0.0140. The number of fused-ring (bicyclic) bond motifs is 1. The molecule has 0 fully saturated rings. The lowest BCUT2D eigenvalue weighted by Gasteiger charge is -2.17. The molecule has 1 aromatic carbocycles. The first-order valence-corrected chi connectivity index (χ1v) is 10.9. The molecular formula is C22H21F3N4O2S. The smallest absolute Gasteiger partial charge is 0.416 e. The topological polar surface area (TPSA) is 60.2 Å². The van der Waals surface area contributed by atoms with E-state index in [1.54, 1.807) is 6.08 Å². The summed E-state index contributed by atoms with van der Waals surface area (Å²) >= 11 is 1.47. The van der Waals surface area contributed by atoms with Crippen LogP contribution in [0.4, 0.5) is 18.3 Å². The van der Waals surface area contributed by atoms with Crippen molar-refractivity contribution in [2.45, 2.75) is 31.9 Å². The molecule has 0 spiro atoms. The summed E-state index contributed by atoms with van der Waals surface area (Å²) in [5.74, 6) is -0.304. The van der Waals surface area contributed by atoms with Crippen LogP contribution < -0.4 is 9.64 Å². The van der Waals surface area contributed by atoms with Crippen molar-refractivity contribution < 1.29 is 22.7 Å². The zero-order chi connectivity index (χ0) is 22.9. The Morgan fingerprint density at radius 2 is 2.12 bits per heavy atom. The normalized spacial score (nSPS) is 13.5. The molecule has 0 aliphatic heterocycles.